The van der Waals surface area contributed by atoms with E-state index in [0.717, 1.165) is 11.8 Å². The van der Waals surface area contributed by atoms with Crippen molar-refractivity contribution >= 4 is 0 Å². The van der Waals surface area contributed by atoms with Gasteiger partial charge in [-0.25, -0.2) is 0 Å². The molecule has 0 bridgehead atoms. The van der Waals surface area contributed by atoms with Gasteiger partial charge in [-0.3, -0.25) is 0 Å². The van der Waals surface area contributed by atoms with E-state index in [9.17, 15) is 0 Å². The summed E-state index contributed by atoms with van der Waals surface area (Å²) in [5, 5.41) is 0. The maximum absolute atomic E-state index is 2.39. The zero-order valence-electron chi connectivity index (χ0n) is 8.84. The molecule has 0 radical (unpaired) electrons. The molecule has 12 heavy (non-hydrogen) atoms. The molecule has 1 aliphatic rings. The van der Waals surface area contributed by atoms with Crippen LogP contribution in [0.1, 0.15) is 39.0 Å². The van der Waals surface area contributed by atoms with Crippen LogP contribution in [0.15, 0.2) is 0 Å². The molecule has 1 rings (SSSR count). The van der Waals surface area contributed by atoms with Crippen LogP contribution in [0.5, 0.6) is 0 Å². The fourth-order valence-corrected chi connectivity index (χ4v) is 1.55. The van der Waals surface area contributed by atoms with E-state index in [-0.39, 0.29) is 0 Å². The third kappa shape index (κ3) is 4.76. The lowest BCUT2D eigenvalue weighted by atomic mass is 10.00. The minimum Gasteiger partial charge on any atom is -0.309 e. The second-order valence-corrected chi connectivity index (χ2v) is 4.72. The van der Waals surface area contributed by atoms with Crippen molar-refractivity contribution in [1.29, 1.82) is 0 Å². The van der Waals surface area contributed by atoms with E-state index in [1.165, 1.54) is 38.6 Å². The normalized spacial score (nSPS) is 20.0. The molecule has 0 aromatic heterocycles. The average Bonchev–Trinajstić information content (AvgIpc) is 2.80. The Bertz CT molecular complexity index is 110. The molecule has 72 valence electrons. The Balaban J connectivity index is 1.91. The van der Waals surface area contributed by atoms with E-state index >= 15 is 0 Å². The Hall–Kier alpha value is -0.0400. The van der Waals surface area contributed by atoms with Gasteiger partial charge in [0.05, 0.1) is 0 Å². The van der Waals surface area contributed by atoms with Gasteiger partial charge in [-0.15, -0.1) is 0 Å². The molecule has 0 aromatic carbocycles. The van der Waals surface area contributed by atoms with Crippen LogP contribution in [0.3, 0.4) is 0 Å². The minimum atomic E-state index is 0.938. The van der Waals surface area contributed by atoms with Gasteiger partial charge in [-0.05, 0) is 38.9 Å². The molecule has 1 fully saturated rings. The van der Waals surface area contributed by atoms with E-state index in [2.05, 4.69) is 25.9 Å². The molecule has 1 unspecified atom stereocenters. The van der Waals surface area contributed by atoms with E-state index in [4.69, 9.17) is 0 Å². The topological polar surface area (TPSA) is 3.24 Å². The van der Waals surface area contributed by atoms with Gasteiger partial charge in [0.2, 0.25) is 0 Å². The van der Waals surface area contributed by atoms with Crippen molar-refractivity contribution in [3.05, 3.63) is 0 Å². The highest BCUT2D eigenvalue weighted by Gasteiger charge is 2.21. The molecule has 1 heteroatoms. The van der Waals surface area contributed by atoms with E-state index in [1.807, 2.05) is 0 Å². The van der Waals surface area contributed by atoms with Gasteiger partial charge < -0.3 is 4.90 Å². The maximum Gasteiger partial charge on any atom is -0.00223 e. The zero-order chi connectivity index (χ0) is 8.97. The van der Waals surface area contributed by atoms with Crippen molar-refractivity contribution in [1.82, 2.24) is 4.90 Å². The zero-order valence-corrected chi connectivity index (χ0v) is 8.84. The molecule has 0 N–H and O–H groups in total. The van der Waals surface area contributed by atoms with Crippen LogP contribution in [0.4, 0.5) is 0 Å². The van der Waals surface area contributed by atoms with Crippen molar-refractivity contribution in [3.63, 3.8) is 0 Å². The smallest absolute Gasteiger partial charge is 0.00223 e. The summed E-state index contributed by atoms with van der Waals surface area (Å²) >= 11 is 0. The lowest BCUT2D eigenvalue weighted by Gasteiger charge is -2.14. The Morgan fingerprint density at radius 3 is 2.42 bits per heavy atom. The van der Waals surface area contributed by atoms with E-state index < -0.39 is 0 Å². The van der Waals surface area contributed by atoms with Gasteiger partial charge in [-0.1, -0.05) is 32.6 Å². The summed E-state index contributed by atoms with van der Waals surface area (Å²) < 4.78 is 0. The second-order valence-electron chi connectivity index (χ2n) is 4.72. The molecule has 0 amide bonds. The summed E-state index contributed by atoms with van der Waals surface area (Å²) in [5.74, 6) is 2.06. The van der Waals surface area contributed by atoms with Gasteiger partial charge in [0.25, 0.3) is 0 Å². The average molecular weight is 169 g/mol. The van der Waals surface area contributed by atoms with E-state index in [0.29, 0.717) is 0 Å². The Kier molecular flexibility index (Phi) is 4.07. The first-order valence-electron chi connectivity index (χ1n) is 5.33. The summed E-state index contributed by atoms with van der Waals surface area (Å²) in [5.41, 5.74) is 0. The first-order valence-corrected chi connectivity index (χ1v) is 5.33. The fraction of sp³-hybridized carbons (Fsp3) is 1.00. The van der Waals surface area contributed by atoms with E-state index in [1.54, 1.807) is 0 Å². The lowest BCUT2D eigenvalue weighted by Crippen LogP contribution is -2.15. The Labute approximate surface area is 77.1 Å². The van der Waals surface area contributed by atoms with Gasteiger partial charge in [0.15, 0.2) is 0 Å². The molecule has 0 saturated heterocycles. The summed E-state index contributed by atoms with van der Waals surface area (Å²) in [6, 6.07) is 0. The number of nitrogens with zero attached hydrogens (tertiary/aromatic N) is 1. The lowest BCUT2D eigenvalue weighted by molar-refractivity contribution is 0.345. The molecular weight excluding hydrogens is 146 g/mol. The minimum absolute atomic E-state index is 0.938. The molecule has 0 aromatic rings. The molecular formula is C11H23N. The molecule has 0 spiro atoms. The second kappa shape index (κ2) is 4.86. The third-order valence-corrected chi connectivity index (χ3v) is 2.83. The SMILES string of the molecule is CC(CCC1CC1)CCN(C)C. The van der Waals surface area contributed by atoms with Crippen LogP contribution in [0, 0.1) is 11.8 Å². The van der Waals surface area contributed by atoms with Crippen LogP contribution in [0.25, 0.3) is 0 Å². The summed E-state index contributed by atoms with van der Waals surface area (Å²) in [6.07, 6.45) is 7.35. The Morgan fingerprint density at radius 1 is 1.25 bits per heavy atom. The first kappa shape index (κ1) is 10.0. The number of rotatable bonds is 6. The van der Waals surface area contributed by atoms with Crippen LogP contribution < -0.4 is 0 Å². The Morgan fingerprint density at radius 2 is 1.92 bits per heavy atom. The van der Waals surface area contributed by atoms with Crippen molar-refractivity contribution in [3.8, 4) is 0 Å². The van der Waals surface area contributed by atoms with Gasteiger partial charge in [0.1, 0.15) is 0 Å². The van der Waals surface area contributed by atoms with Crippen LogP contribution in [0.2, 0.25) is 0 Å². The fourth-order valence-electron chi connectivity index (χ4n) is 1.55. The highest BCUT2D eigenvalue weighted by molar-refractivity contribution is 4.73. The predicted molar refractivity (Wildman–Crippen MR) is 54.3 cm³/mol. The first-order chi connectivity index (χ1) is 5.68. The summed E-state index contributed by atoms with van der Waals surface area (Å²) in [6.45, 7) is 3.65. The van der Waals surface area contributed by atoms with Crippen LogP contribution in [-0.4, -0.2) is 25.5 Å². The maximum atomic E-state index is 2.39. The van der Waals surface area contributed by atoms with Crippen molar-refractivity contribution in [2.75, 3.05) is 20.6 Å². The monoisotopic (exact) mass is 169 g/mol. The molecule has 1 nitrogen and oxygen atoms in total. The number of hydrogen-bond donors (Lipinski definition) is 0. The van der Waals surface area contributed by atoms with Crippen molar-refractivity contribution in [2.24, 2.45) is 11.8 Å². The standard InChI is InChI=1S/C11H23N/c1-10(8-9-12(2)3)4-5-11-6-7-11/h10-11H,4-9H2,1-3H3. The summed E-state index contributed by atoms with van der Waals surface area (Å²) in [4.78, 5) is 2.29. The van der Waals surface area contributed by atoms with Gasteiger partial charge in [-0.2, -0.15) is 0 Å². The summed E-state index contributed by atoms with van der Waals surface area (Å²) in [7, 11) is 4.32. The van der Waals surface area contributed by atoms with Gasteiger partial charge in [0, 0.05) is 0 Å². The molecule has 0 heterocycles. The number of hydrogen-bond acceptors (Lipinski definition) is 1. The largest absolute Gasteiger partial charge is 0.309 e. The highest BCUT2D eigenvalue weighted by Crippen LogP contribution is 2.34. The molecule has 0 aliphatic heterocycles. The van der Waals surface area contributed by atoms with Crippen LogP contribution in [-0.2, 0) is 0 Å². The highest BCUT2D eigenvalue weighted by atomic mass is 15.0. The molecule has 1 saturated carbocycles. The third-order valence-electron chi connectivity index (χ3n) is 2.83. The van der Waals surface area contributed by atoms with Crippen molar-refractivity contribution in [2.45, 2.75) is 39.0 Å². The quantitative estimate of drug-likeness (QED) is 0.591. The molecule has 1 atom stereocenters. The van der Waals surface area contributed by atoms with Gasteiger partial charge >= 0.3 is 0 Å². The van der Waals surface area contributed by atoms with Crippen molar-refractivity contribution < 1.29 is 0 Å². The molecule has 1 aliphatic carbocycles. The van der Waals surface area contributed by atoms with Crippen LogP contribution >= 0.6 is 0 Å². The predicted octanol–water partition coefficient (Wildman–Crippen LogP) is 2.76.